The molecule has 6 nitrogen and oxygen atoms in total. The minimum atomic E-state index is -2.16. The fourth-order valence-electron chi connectivity index (χ4n) is 3.17. The van der Waals surface area contributed by atoms with Gasteiger partial charge in [-0.25, -0.2) is 0 Å². The van der Waals surface area contributed by atoms with Crippen molar-refractivity contribution in [2.45, 2.75) is 75.9 Å². The van der Waals surface area contributed by atoms with E-state index >= 15 is 0 Å². The molecule has 2 aliphatic rings. The maximum atomic E-state index is 10.9. The number of benzene rings is 1. The Morgan fingerprint density at radius 1 is 1.11 bits per heavy atom. The summed E-state index contributed by atoms with van der Waals surface area (Å²) in [5.41, 5.74) is 1.03. The molecule has 152 valence electrons. The minimum absolute atomic E-state index is 0.00253. The van der Waals surface area contributed by atoms with E-state index in [2.05, 4.69) is 33.9 Å². The van der Waals surface area contributed by atoms with Crippen molar-refractivity contribution in [3.8, 4) is 0 Å². The van der Waals surface area contributed by atoms with Gasteiger partial charge < -0.3 is 28.5 Å². The predicted octanol–water partition coefficient (Wildman–Crippen LogP) is 3.22. The van der Waals surface area contributed by atoms with Crippen LogP contribution in [0.2, 0.25) is 18.1 Å². The fraction of sp³-hybridized carbons (Fsp3) is 0.700. The minimum Gasteiger partial charge on any atom is -0.408 e. The van der Waals surface area contributed by atoms with Crippen molar-refractivity contribution in [3.05, 3.63) is 35.9 Å². The molecule has 1 aromatic carbocycles. The number of hydrogen-bond donors (Lipinski definition) is 1. The summed E-state index contributed by atoms with van der Waals surface area (Å²) in [5.74, 6) is 0. The number of methoxy groups -OCH3 is 1. The van der Waals surface area contributed by atoms with Crippen molar-refractivity contribution in [3.63, 3.8) is 0 Å². The molecule has 0 bridgehead atoms. The van der Waals surface area contributed by atoms with Gasteiger partial charge in [0.1, 0.15) is 24.4 Å². The van der Waals surface area contributed by atoms with Crippen molar-refractivity contribution in [1.82, 2.24) is 0 Å². The van der Waals surface area contributed by atoms with Crippen LogP contribution in [0.1, 0.15) is 32.4 Å². The van der Waals surface area contributed by atoms with Gasteiger partial charge in [0, 0.05) is 7.11 Å². The predicted molar refractivity (Wildman–Crippen MR) is 104 cm³/mol. The van der Waals surface area contributed by atoms with Crippen LogP contribution in [0.25, 0.3) is 0 Å². The number of fused-ring (bicyclic) bond motifs is 1. The van der Waals surface area contributed by atoms with E-state index < -0.39 is 39.2 Å². The first-order valence-electron chi connectivity index (χ1n) is 9.50. The molecule has 2 aliphatic heterocycles. The smallest absolute Gasteiger partial charge is 0.192 e. The van der Waals surface area contributed by atoms with Crippen molar-refractivity contribution in [2.75, 3.05) is 13.7 Å². The lowest BCUT2D eigenvalue weighted by molar-refractivity contribution is -0.379. The SMILES string of the molecule is CO[C@H]1O[C@@H]2OC[C@H](c3ccccc3)O[C@H]2[C@H](O[Si](C)(C)C(C)(C)C)[C@@H]1O. The molecule has 1 N–H and O–H groups in total. The van der Waals surface area contributed by atoms with Crippen LogP contribution in [0.4, 0.5) is 0 Å². The molecule has 27 heavy (non-hydrogen) atoms. The van der Waals surface area contributed by atoms with E-state index in [9.17, 15) is 5.11 Å². The molecular weight excluding hydrogens is 364 g/mol. The van der Waals surface area contributed by atoms with Crippen LogP contribution in [0.3, 0.4) is 0 Å². The third-order valence-corrected chi connectivity index (χ3v) is 10.3. The monoisotopic (exact) mass is 396 g/mol. The number of rotatable bonds is 4. The molecule has 0 amide bonds. The van der Waals surface area contributed by atoms with Gasteiger partial charge in [-0.15, -0.1) is 0 Å². The van der Waals surface area contributed by atoms with Crippen molar-refractivity contribution in [2.24, 2.45) is 0 Å². The van der Waals surface area contributed by atoms with E-state index in [1.807, 2.05) is 30.3 Å². The van der Waals surface area contributed by atoms with Crippen molar-refractivity contribution in [1.29, 1.82) is 0 Å². The lowest BCUT2D eigenvalue weighted by Crippen LogP contribution is -2.65. The number of hydrogen-bond acceptors (Lipinski definition) is 6. The van der Waals surface area contributed by atoms with Gasteiger partial charge in [0.25, 0.3) is 0 Å². The van der Waals surface area contributed by atoms with E-state index in [4.69, 9.17) is 23.4 Å². The van der Waals surface area contributed by atoms with Gasteiger partial charge in [0.2, 0.25) is 0 Å². The maximum absolute atomic E-state index is 10.9. The highest BCUT2D eigenvalue weighted by molar-refractivity contribution is 6.74. The molecule has 0 saturated carbocycles. The fourth-order valence-corrected chi connectivity index (χ4v) is 4.48. The summed E-state index contributed by atoms with van der Waals surface area (Å²) in [4.78, 5) is 0. The zero-order chi connectivity index (χ0) is 19.8. The second-order valence-corrected chi connectivity index (χ2v) is 13.5. The molecule has 0 aliphatic carbocycles. The molecule has 3 rings (SSSR count). The summed E-state index contributed by atoms with van der Waals surface area (Å²) in [5, 5.41) is 10.9. The zero-order valence-electron chi connectivity index (χ0n) is 17.0. The summed E-state index contributed by atoms with van der Waals surface area (Å²) in [6, 6.07) is 9.94. The Hall–Kier alpha value is -0.803. The molecule has 0 radical (unpaired) electrons. The van der Waals surface area contributed by atoms with E-state index in [0.29, 0.717) is 6.61 Å². The number of ether oxygens (including phenoxy) is 4. The third kappa shape index (κ3) is 4.29. The lowest BCUT2D eigenvalue weighted by atomic mass is 10.0. The molecule has 2 saturated heterocycles. The molecule has 1 aromatic rings. The van der Waals surface area contributed by atoms with Crippen LogP contribution in [-0.2, 0) is 23.4 Å². The Balaban J connectivity index is 1.85. The van der Waals surface area contributed by atoms with Crippen LogP contribution in [-0.4, -0.2) is 58.0 Å². The maximum Gasteiger partial charge on any atom is 0.192 e. The first-order valence-corrected chi connectivity index (χ1v) is 12.4. The van der Waals surface area contributed by atoms with E-state index in [-0.39, 0.29) is 11.1 Å². The van der Waals surface area contributed by atoms with Gasteiger partial charge in [-0.3, -0.25) is 0 Å². The highest BCUT2D eigenvalue weighted by Gasteiger charge is 2.53. The average Bonchev–Trinajstić information content (AvgIpc) is 2.63. The van der Waals surface area contributed by atoms with Gasteiger partial charge >= 0.3 is 0 Å². The molecule has 2 heterocycles. The summed E-state index contributed by atoms with van der Waals surface area (Å²) in [7, 11) is -0.653. The van der Waals surface area contributed by atoms with E-state index in [1.54, 1.807) is 0 Å². The Bertz CT molecular complexity index is 617. The van der Waals surface area contributed by atoms with Crippen molar-refractivity contribution < 1.29 is 28.5 Å². The van der Waals surface area contributed by atoms with Crippen LogP contribution >= 0.6 is 0 Å². The van der Waals surface area contributed by atoms with Crippen LogP contribution in [0.5, 0.6) is 0 Å². The number of aliphatic hydroxyl groups excluding tert-OH is 1. The quantitative estimate of drug-likeness (QED) is 0.789. The average molecular weight is 397 g/mol. The van der Waals surface area contributed by atoms with Gasteiger partial charge in [-0.2, -0.15) is 0 Å². The molecule has 0 spiro atoms. The summed E-state index contributed by atoms with van der Waals surface area (Å²) < 4.78 is 30.0. The third-order valence-electron chi connectivity index (χ3n) is 5.85. The van der Waals surface area contributed by atoms with E-state index in [1.165, 1.54) is 7.11 Å². The highest BCUT2D eigenvalue weighted by atomic mass is 28.4. The second kappa shape index (κ2) is 7.91. The Morgan fingerprint density at radius 3 is 2.37 bits per heavy atom. The normalized spacial score (nSPS) is 34.9. The number of aliphatic hydroxyl groups is 1. The molecule has 2 fully saturated rings. The first-order chi connectivity index (χ1) is 12.6. The van der Waals surface area contributed by atoms with Crippen LogP contribution in [0, 0.1) is 0 Å². The summed E-state index contributed by atoms with van der Waals surface area (Å²) >= 11 is 0. The molecule has 6 atom stereocenters. The van der Waals surface area contributed by atoms with Crippen LogP contribution in [0.15, 0.2) is 30.3 Å². The first kappa shape index (κ1) is 20.9. The molecular formula is C20H32O6Si. The molecule has 0 aromatic heterocycles. The highest BCUT2D eigenvalue weighted by Crippen LogP contribution is 2.41. The summed E-state index contributed by atoms with van der Waals surface area (Å²) in [6.07, 6.45) is -3.73. The lowest BCUT2D eigenvalue weighted by Gasteiger charge is -2.50. The second-order valence-electron chi connectivity index (χ2n) is 8.78. The van der Waals surface area contributed by atoms with Crippen LogP contribution < -0.4 is 0 Å². The van der Waals surface area contributed by atoms with Crippen molar-refractivity contribution >= 4 is 8.32 Å². The Labute approximate surface area is 162 Å². The largest absolute Gasteiger partial charge is 0.408 e. The molecule has 0 unspecified atom stereocenters. The van der Waals surface area contributed by atoms with Gasteiger partial charge in [0.05, 0.1) is 6.61 Å². The van der Waals surface area contributed by atoms with Gasteiger partial charge in [-0.1, -0.05) is 51.1 Å². The standard InChI is InChI=1S/C20H32O6Si/c1-20(2,3)27(5,6)26-16-15(21)18(22-4)25-19-17(16)24-14(12-23-19)13-10-8-7-9-11-13/h7-11,14-19,21H,12H2,1-6H3/t14-,15+,16-,17+,18+,19+/m1/s1. The van der Waals surface area contributed by atoms with Gasteiger partial charge in [0.15, 0.2) is 20.9 Å². The zero-order valence-corrected chi connectivity index (χ0v) is 18.0. The Kier molecular flexibility index (Phi) is 6.13. The Morgan fingerprint density at radius 2 is 1.78 bits per heavy atom. The van der Waals surface area contributed by atoms with Gasteiger partial charge in [-0.05, 0) is 23.7 Å². The van der Waals surface area contributed by atoms with E-state index in [0.717, 1.165) is 5.56 Å². The topological polar surface area (TPSA) is 66.4 Å². The summed E-state index contributed by atoms with van der Waals surface area (Å²) in [6.45, 7) is 11.2. The molecule has 7 heteroatoms.